The number of nitrogens with zero attached hydrogens (tertiary/aromatic N) is 2. The molecule has 0 fully saturated rings. The number of rotatable bonds is 9. The van der Waals surface area contributed by atoms with Gasteiger partial charge in [0.1, 0.15) is 24.1 Å². The van der Waals surface area contributed by atoms with Gasteiger partial charge in [-0.15, -0.1) is 0 Å². The first-order valence-corrected chi connectivity index (χ1v) is 13.4. The molecule has 192 valence electrons. The number of hydrogen-bond acceptors (Lipinski definition) is 7. The number of fused-ring (bicyclic) bond motifs is 1. The topological polar surface area (TPSA) is 79.1 Å². The van der Waals surface area contributed by atoms with Gasteiger partial charge < -0.3 is 14.2 Å². The molecule has 0 saturated heterocycles. The molecule has 7 nitrogen and oxygen atoms in total. The fraction of sp³-hybridized carbons (Fsp3) is 0.250. The Labute approximate surface area is 227 Å². The van der Waals surface area contributed by atoms with E-state index < -0.39 is 12.0 Å². The summed E-state index contributed by atoms with van der Waals surface area (Å²) in [6.07, 6.45) is 3.48. The Morgan fingerprint density at radius 2 is 1.95 bits per heavy atom. The van der Waals surface area contributed by atoms with Gasteiger partial charge in [-0.2, -0.15) is 0 Å². The van der Waals surface area contributed by atoms with E-state index in [1.807, 2.05) is 49.4 Å². The molecule has 2 heterocycles. The highest BCUT2D eigenvalue weighted by atomic mass is 79.9. The SMILES string of the molecule is C=CCOc1ccc(/C=c2\sc3n(c2=O)[C@H](c2ccccc2OCC)C(C(=O)OCC)=C(C)N=3)cc1Br. The van der Waals surface area contributed by atoms with E-state index in [1.165, 1.54) is 11.3 Å². The Morgan fingerprint density at radius 1 is 1.16 bits per heavy atom. The minimum absolute atomic E-state index is 0.210. The van der Waals surface area contributed by atoms with Crippen molar-refractivity contribution >= 4 is 39.3 Å². The Balaban J connectivity index is 1.90. The van der Waals surface area contributed by atoms with E-state index >= 15 is 0 Å². The van der Waals surface area contributed by atoms with Crippen LogP contribution < -0.4 is 24.4 Å². The Hall–Kier alpha value is -3.43. The lowest BCUT2D eigenvalue weighted by atomic mass is 9.95. The minimum atomic E-state index is -0.735. The average Bonchev–Trinajstić information content (AvgIpc) is 3.17. The van der Waals surface area contributed by atoms with E-state index in [2.05, 4.69) is 27.5 Å². The quantitative estimate of drug-likeness (QED) is 0.274. The molecule has 3 aromatic rings. The van der Waals surface area contributed by atoms with E-state index in [9.17, 15) is 9.59 Å². The van der Waals surface area contributed by atoms with E-state index in [1.54, 1.807) is 30.6 Å². The van der Waals surface area contributed by atoms with Crippen molar-refractivity contribution in [1.29, 1.82) is 0 Å². The largest absolute Gasteiger partial charge is 0.494 e. The lowest BCUT2D eigenvalue weighted by molar-refractivity contribution is -0.139. The number of aromatic nitrogens is 1. The molecule has 1 aliphatic rings. The summed E-state index contributed by atoms with van der Waals surface area (Å²) in [6, 6.07) is 12.3. The summed E-state index contributed by atoms with van der Waals surface area (Å²) < 4.78 is 19.7. The summed E-state index contributed by atoms with van der Waals surface area (Å²) in [7, 11) is 0. The smallest absolute Gasteiger partial charge is 0.338 e. The van der Waals surface area contributed by atoms with Crippen LogP contribution in [0.3, 0.4) is 0 Å². The third kappa shape index (κ3) is 5.47. The lowest BCUT2D eigenvalue weighted by Crippen LogP contribution is -2.40. The van der Waals surface area contributed by atoms with Crippen LogP contribution in [-0.4, -0.2) is 30.4 Å². The molecule has 0 spiro atoms. The summed E-state index contributed by atoms with van der Waals surface area (Å²) in [5, 5.41) is 0. The van der Waals surface area contributed by atoms with Gasteiger partial charge >= 0.3 is 5.97 Å². The van der Waals surface area contributed by atoms with Gasteiger partial charge in [-0.05, 0) is 66.5 Å². The second kappa shape index (κ2) is 11.7. The van der Waals surface area contributed by atoms with Crippen LogP contribution in [0.5, 0.6) is 11.5 Å². The summed E-state index contributed by atoms with van der Waals surface area (Å²) in [5.74, 6) is 0.772. The van der Waals surface area contributed by atoms with Gasteiger partial charge in [0.05, 0.1) is 33.5 Å². The van der Waals surface area contributed by atoms with Gasteiger partial charge in [0.15, 0.2) is 4.80 Å². The number of thiazole rings is 1. The number of carbonyl (C=O) groups is 1. The molecule has 1 aromatic heterocycles. The molecular formula is C28H27BrN2O5S. The molecule has 0 aliphatic carbocycles. The molecule has 0 N–H and O–H groups in total. The monoisotopic (exact) mass is 582 g/mol. The van der Waals surface area contributed by atoms with Crippen molar-refractivity contribution < 1.29 is 19.0 Å². The zero-order valence-corrected chi connectivity index (χ0v) is 23.2. The first kappa shape index (κ1) is 26.6. The van der Waals surface area contributed by atoms with Gasteiger partial charge in [-0.1, -0.05) is 48.3 Å². The average molecular weight is 584 g/mol. The van der Waals surface area contributed by atoms with Crippen LogP contribution in [0.1, 0.15) is 37.9 Å². The normalized spacial score (nSPS) is 15.1. The number of para-hydroxylation sites is 1. The zero-order valence-electron chi connectivity index (χ0n) is 20.8. The maximum absolute atomic E-state index is 13.8. The molecule has 1 aliphatic heterocycles. The highest BCUT2D eigenvalue weighted by Crippen LogP contribution is 2.36. The molecule has 4 rings (SSSR count). The van der Waals surface area contributed by atoms with Crippen LogP contribution >= 0.6 is 27.3 Å². The Kier molecular flexibility index (Phi) is 8.45. The van der Waals surface area contributed by atoms with Crippen LogP contribution in [0.2, 0.25) is 0 Å². The molecule has 9 heteroatoms. The lowest BCUT2D eigenvalue weighted by Gasteiger charge is -2.26. The number of esters is 1. The minimum Gasteiger partial charge on any atom is -0.494 e. The van der Waals surface area contributed by atoms with E-state index in [4.69, 9.17) is 14.2 Å². The fourth-order valence-corrected chi connectivity index (χ4v) is 5.66. The van der Waals surface area contributed by atoms with Crippen molar-refractivity contribution in [3.05, 3.63) is 102 Å². The predicted octanol–water partition coefficient (Wildman–Crippen LogP) is 4.52. The van der Waals surface area contributed by atoms with Crippen molar-refractivity contribution in [2.24, 2.45) is 4.99 Å². The number of hydrogen-bond donors (Lipinski definition) is 0. The summed E-state index contributed by atoms with van der Waals surface area (Å²) in [5.41, 5.74) is 2.09. The molecule has 1 atom stereocenters. The van der Waals surface area contributed by atoms with Crippen molar-refractivity contribution in [1.82, 2.24) is 4.57 Å². The van der Waals surface area contributed by atoms with Crippen LogP contribution in [0.25, 0.3) is 6.08 Å². The number of benzene rings is 2. The molecule has 0 bridgehead atoms. The second-order valence-electron chi connectivity index (χ2n) is 8.06. The van der Waals surface area contributed by atoms with Gasteiger partial charge in [0.2, 0.25) is 0 Å². The highest BCUT2D eigenvalue weighted by molar-refractivity contribution is 9.10. The number of ether oxygens (including phenoxy) is 3. The van der Waals surface area contributed by atoms with Gasteiger partial charge in [-0.3, -0.25) is 9.36 Å². The molecular weight excluding hydrogens is 556 g/mol. The first-order valence-electron chi connectivity index (χ1n) is 11.8. The third-order valence-corrected chi connectivity index (χ3v) is 7.24. The fourth-order valence-electron chi connectivity index (χ4n) is 4.10. The molecule has 0 saturated carbocycles. The Morgan fingerprint density at radius 3 is 2.65 bits per heavy atom. The van der Waals surface area contributed by atoms with Crippen molar-refractivity contribution in [2.75, 3.05) is 19.8 Å². The number of halogens is 1. The van der Waals surface area contributed by atoms with Crippen LogP contribution in [0.4, 0.5) is 0 Å². The van der Waals surface area contributed by atoms with Crippen LogP contribution in [0, 0.1) is 0 Å². The van der Waals surface area contributed by atoms with Gasteiger partial charge in [0.25, 0.3) is 5.56 Å². The first-order chi connectivity index (χ1) is 17.9. The van der Waals surface area contributed by atoms with E-state index in [-0.39, 0.29) is 12.2 Å². The van der Waals surface area contributed by atoms with Gasteiger partial charge in [-0.25, -0.2) is 9.79 Å². The van der Waals surface area contributed by atoms with E-state index in [0.717, 1.165) is 10.0 Å². The van der Waals surface area contributed by atoms with Crippen molar-refractivity contribution in [2.45, 2.75) is 26.8 Å². The second-order valence-corrected chi connectivity index (χ2v) is 9.93. The maximum atomic E-state index is 13.8. The summed E-state index contributed by atoms with van der Waals surface area (Å²) >= 11 is 4.80. The van der Waals surface area contributed by atoms with E-state index in [0.29, 0.717) is 50.9 Å². The molecule has 0 radical (unpaired) electrons. The highest BCUT2D eigenvalue weighted by Gasteiger charge is 2.35. The zero-order chi connectivity index (χ0) is 26.5. The van der Waals surface area contributed by atoms with Gasteiger partial charge in [0, 0.05) is 5.56 Å². The molecule has 0 unspecified atom stereocenters. The predicted molar refractivity (Wildman–Crippen MR) is 148 cm³/mol. The van der Waals surface area contributed by atoms with Crippen molar-refractivity contribution in [3.63, 3.8) is 0 Å². The third-order valence-electron chi connectivity index (χ3n) is 5.64. The number of carbonyl (C=O) groups excluding carboxylic acids is 1. The van der Waals surface area contributed by atoms with Crippen LogP contribution in [-0.2, 0) is 9.53 Å². The molecule has 2 aromatic carbocycles. The summed E-state index contributed by atoms with van der Waals surface area (Å²) in [6.45, 7) is 10.1. The van der Waals surface area contributed by atoms with Crippen molar-refractivity contribution in [3.8, 4) is 11.5 Å². The maximum Gasteiger partial charge on any atom is 0.338 e. The molecule has 37 heavy (non-hydrogen) atoms. The Bertz CT molecular complexity index is 1550. The number of allylic oxidation sites excluding steroid dienone is 1. The molecule has 0 amide bonds. The standard InChI is InChI=1S/C28H27BrN2O5S/c1-5-14-36-22-13-12-18(15-20(22)29)16-23-26(32)31-25(19-10-8-9-11-21(19)34-6-2)24(27(33)35-7-3)17(4)30-28(31)37-23/h5,8-13,15-16,25H,1,6-7,14H2,2-4H3/b23-16-/t25-/m1/s1. The summed E-state index contributed by atoms with van der Waals surface area (Å²) in [4.78, 5) is 32.1. The van der Waals surface area contributed by atoms with Crippen LogP contribution in [0.15, 0.2) is 80.6 Å².